The van der Waals surface area contributed by atoms with Gasteiger partial charge in [-0.25, -0.2) is 9.78 Å². The number of carbonyl (C=O) groups excluding carboxylic acids is 1. The highest BCUT2D eigenvalue weighted by atomic mass is 16.5. The Balaban J connectivity index is 1.45. The van der Waals surface area contributed by atoms with E-state index in [0.717, 1.165) is 26.1 Å². The van der Waals surface area contributed by atoms with Crippen molar-refractivity contribution in [2.45, 2.75) is 19.0 Å². The smallest absolute Gasteiger partial charge is 0.319 e. The second-order valence-corrected chi connectivity index (χ2v) is 5.89. The summed E-state index contributed by atoms with van der Waals surface area (Å²) in [5, 5.41) is 5.82. The van der Waals surface area contributed by atoms with E-state index >= 15 is 0 Å². The Morgan fingerprint density at radius 3 is 2.83 bits per heavy atom. The van der Waals surface area contributed by atoms with Gasteiger partial charge in [-0.15, -0.1) is 0 Å². The Morgan fingerprint density at radius 1 is 1.29 bits per heavy atom. The number of nitrogens with zero attached hydrogens (tertiary/aromatic N) is 2. The zero-order chi connectivity index (χ0) is 16.8. The zero-order valence-electron chi connectivity index (χ0n) is 13.7. The highest BCUT2D eigenvalue weighted by Crippen LogP contribution is 2.14. The summed E-state index contributed by atoms with van der Waals surface area (Å²) in [7, 11) is 1.56. The Bertz CT molecular complexity index is 660. The number of amides is 2. The van der Waals surface area contributed by atoms with Gasteiger partial charge in [0, 0.05) is 31.7 Å². The monoisotopic (exact) mass is 326 g/mol. The second kappa shape index (κ2) is 7.79. The number of carbonyl (C=O) groups is 1. The lowest BCUT2D eigenvalue weighted by Crippen LogP contribution is -2.39. The minimum absolute atomic E-state index is 0.167. The van der Waals surface area contributed by atoms with Gasteiger partial charge in [-0.3, -0.25) is 4.90 Å². The number of likely N-dealkylation sites (tertiary alicyclic amines) is 1. The van der Waals surface area contributed by atoms with Crippen LogP contribution in [-0.2, 0) is 6.54 Å². The molecular formula is C18H22N4O2. The molecule has 1 aromatic heterocycles. The van der Waals surface area contributed by atoms with E-state index in [4.69, 9.17) is 4.74 Å². The van der Waals surface area contributed by atoms with Crippen LogP contribution in [0.15, 0.2) is 48.7 Å². The molecule has 1 atom stereocenters. The summed E-state index contributed by atoms with van der Waals surface area (Å²) in [6.45, 7) is 2.77. The molecule has 2 aromatic rings. The summed E-state index contributed by atoms with van der Waals surface area (Å²) in [6.07, 6.45) is 2.54. The second-order valence-electron chi connectivity index (χ2n) is 5.89. The Hall–Kier alpha value is -2.60. The van der Waals surface area contributed by atoms with E-state index in [9.17, 15) is 4.79 Å². The van der Waals surface area contributed by atoms with E-state index in [1.807, 2.05) is 6.07 Å². The summed E-state index contributed by atoms with van der Waals surface area (Å²) in [6, 6.07) is 13.8. The molecule has 1 aliphatic heterocycles. The van der Waals surface area contributed by atoms with Crippen LogP contribution in [-0.4, -0.2) is 42.2 Å². The van der Waals surface area contributed by atoms with Crippen molar-refractivity contribution >= 4 is 11.7 Å². The summed E-state index contributed by atoms with van der Waals surface area (Å²) in [5.74, 6) is 0.522. The first-order valence-corrected chi connectivity index (χ1v) is 8.07. The predicted molar refractivity (Wildman–Crippen MR) is 93.1 cm³/mol. The number of pyridine rings is 1. The van der Waals surface area contributed by atoms with Crippen LogP contribution in [0.5, 0.6) is 5.88 Å². The van der Waals surface area contributed by atoms with Gasteiger partial charge in [0.1, 0.15) is 0 Å². The molecule has 0 bridgehead atoms. The molecule has 1 saturated heterocycles. The number of hydrogen-bond acceptors (Lipinski definition) is 4. The van der Waals surface area contributed by atoms with Crippen LogP contribution in [0.1, 0.15) is 12.0 Å². The highest BCUT2D eigenvalue weighted by Gasteiger charge is 2.23. The van der Waals surface area contributed by atoms with Gasteiger partial charge in [-0.05, 0) is 18.1 Å². The fourth-order valence-corrected chi connectivity index (χ4v) is 2.86. The summed E-state index contributed by atoms with van der Waals surface area (Å²) in [5.41, 5.74) is 1.94. The molecule has 1 fully saturated rings. The first kappa shape index (κ1) is 16.3. The molecule has 0 saturated carbocycles. The molecule has 0 spiro atoms. The third-order valence-corrected chi connectivity index (χ3v) is 4.06. The maximum absolute atomic E-state index is 12.1. The van der Waals surface area contributed by atoms with Gasteiger partial charge in [0.15, 0.2) is 0 Å². The lowest BCUT2D eigenvalue weighted by Gasteiger charge is -2.17. The van der Waals surface area contributed by atoms with E-state index in [1.165, 1.54) is 5.56 Å². The molecule has 2 heterocycles. The third-order valence-electron chi connectivity index (χ3n) is 4.06. The fraction of sp³-hybridized carbons (Fsp3) is 0.333. The topological polar surface area (TPSA) is 66.5 Å². The van der Waals surface area contributed by atoms with Gasteiger partial charge >= 0.3 is 6.03 Å². The molecule has 0 radical (unpaired) electrons. The van der Waals surface area contributed by atoms with E-state index in [2.05, 4.69) is 44.8 Å². The first-order valence-electron chi connectivity index (χ1n) is 8.07. The van der Waals surface area contributed by atoms with Crippen LogP contribution < -0.4 is 15.4 Å². The van der Waals surface area contributed by atoms with Crippen LogP contribution in [0.2, 0.25) is 0 Å². The third kappa shape index (κ3) is 4.45. The number of urea groups is 1. The number of aromatic nitrogens is 1. The maximum atomic E-state index is 12.1. The van der Waals surface area contributed by atoms with Crippen molar-refractivity contribution in [3.8, 4) is 5.88 Å². The summed E-state index contributed by atoms with van der Waals surface area (Å²) >= 11 is 0. The maximum Gasteiger partial charge on any atom is 0.319 e. The van der Waals surface area contributed by atoms with Crippen LogP contribution >= 0.6 is 0 Å². The Morgan fingerprint density at radius 2 is 2.12 bits per heavy atom. The lowest BCUT2D eigenvalue weighted by atomic mass is 10.2. The minimum Gasteiger partial charge on any atom is -0.481 e. The van der Waals surface area contributed by atoms with E-state index in [-0.39, 0.29) is 12.1 Å². The number of anilines is 1. The van der Waals surface area contributed by atoms with Crippen molar-refractivity contribution in [2.24, 2.45) is 0 Å². The number of ether oxygens (including phenoxy) is 1. The molecule has 1 aromatic carbocycles. The van der Waals surface area contributed by atoms with Gasteiger partial charge in [0.05, 0.1) is 19.0 Å². The minimum atomic E-state index is -0.200. The fourth-order valence-electron chi connectivity index (χ4n) is 2.86. The lowest BCUT2D eigenvalue weighted by molar-refractivity contribution is 0.247. The molecule has 2 N–H and O–H groups in total. The molecular weight excluding hydrogens is 304 g/mol. The quantitative estimate of drug-likeness (QED) is 0.886. The van der Waals surface area contributed by atoms with Gasteiger partial charge in [0.25, 0.3) is 0 Å². The summed E-state index contributed by atoms with van der Waals surface area (Å²) in [4.78, 5) is 18.5. The molecule has 0 aliphatic carbocycles. The van der Waals surface area contributed by atoms with Crippen LogP contribution in [0.25, 0.3) is 0 Å². The normalized spacial score (nSPS) is 17.5. The molecule has 1 aliphatic rings. The zero-order valence-corrected chi connectivity index (χ0v) is 13.7. The largest absolute Gasteiger partial charge is 0.481 e. The predicted octanol–water partition coefficient (Wildman–Crippen LogP) is 2.49. The van der Waals surface area contributed by atoms with Gasteiger partial charge in [-0.2, -0.15) is 0 Å². The molecule has 1 unspecified atom stereocenters. The van der Waals surface area contributed by atoms with Crippen LogP contribution in [0.4, 0.5) is 10.5 Å². The van der Waals surface area contributed by atoms with E-state index < -0.39 is 0 Å². The molecule has 3 rings (SSSR count). The molecule has 126 valence electrons. The number of benzene rings is 1. The van der Waals surface area contributed by atoms with Gasteiger partial charge < -0.3 is 15.4 Å². The van der Waals surface area contributed by atoms with Crippen LogP contribution in [0.3, 0.4) is 0 Å². The average Bonchev–Trinajstić information content (AvgIpc) is 3.03. The summed E-state index contributed by atoms with van der Waals surface area (Å²) < 4.78 is 5.00. The van der Waals surface area contributed by atoms with Crippen molar-refractivity contribution in [3.05, 3.63) is 54.2 Å². The Kier molecular flexibility index (Phi) is 5.28. The first-order chi connectivity index (χ1) is 11.7. The number of rotatable bonds is 5. The van der Waals surface area contributed by atoms with Crippen LogP contribution in [0, 0.1) is 0 Å². The number of methoxy groups -OCH3 is 1. The standard InChI is InChI=1S/C18H22N4O2/c1-24-17-8-7-15(11-19-17)20-18(23)21-16-9-10-22(13-16)12-14-5-3-2-4-6-14/h2-8,11,16H,9-10,12-13H2,1H3,(H2,20,21,23). The van der Waals surface area contributed by atoms with E-state index in [0.29, 0.717) is 11.6 Å². The highest BCUT2D eigenvalue weighted by molar-refractivity contribution is 5.89. The number of nitrogens with one attached hydrogen (secondary N) is 2. The van der Waals surface area contributed by atoms with Crippen molar-refractivity contribution in [2.75, 3.05) is 25.5 Å². The van der Waals surface area contributed by atoms with Crippen molar-refractivity contribution in [1.82, 2.24) is 15.2 Å². The average molecular weight is 326 g/mol. The molecule has 6 nitrogen and oxygen atoms in total. The molecule has 24 heavy (non-hydrogen) atoms. The van der Waals surface area contributed by atoms with E-state index in [1.54, 1.807) is 25.4 Å². The Labute approximate surface area is 141 Å². The van der Waals surface area contributed by atoms with Crippen molar-refractivity contribution < 1.29 is 9.53 Å². The molecule has 2 amide bonds. The van der Waals surface area contributed by atoms with Crippen molar-refractivity contribution in [3.63, 3.8) is 0 Å². The van der Waals surface area contributed by atoms with Gasteiger partial charge in [-0.1, -0.05) is 30.3 Å². The molecule has 6 heteroatoms. The van der Waals surface area contributed by atoms with Gasteiger partial charge in [0.2, 0.25) is 5.88 Å². The number of hydrogen-bond donors (Lipinski definition) is 2. The van der Waals surface area contributed by atoms with Crippen molar-refractivity contribution in [1.29, 1.82) is 0 Å². The SMILES string of the molecule is COc1ccc(NC(=O)NC2CCN(Cc3ccccc3)C2)cn1.